The van der Waals surface area contributed by atoms with Crippen molar-refractivity contribution in [3.05, 3.63) is 70.9 Å². The van der Waals surface area contributed by atoms with Crippen LogP contribution in [-0.4, -0.2) is 33.1 Å². The molecule has 6 nitrogen and oxygen atoms in total. The highest BCUT2D eigenvalue weighted by molar-refractivity contribution is 6.06. The molecule has 0 saturated heterocycles. The number of alkyl halides is 2. The number of nitrogens with one attached hydrogen (secondary N) is 1. The number of aromatic nitrogens is 3. The molecule has 3 heterocycles. The summed E-state index contributed by atoms with van der Waals surface area (Å²) < 4.78 is 50.6. The summed E-state index contributed by atoms with van der Waals surface area (Å²) in [7, 11) is 0. The fourth-order valence-electron chi connectivity index (χ4n) is 3.14. The summed E-state index contributed by atoms with van der Waals surface area (Å²) in [4.78, 5) is 8.47. The quantitative estimate of drug-likeness (QED) is 0.617. The molecule has 162 valence electrons. The van der Waals surface area contributed by atoms with Crippen molar-refractivity contribution in [3.63, 3.8) is 0 Å². The van der Waals surface area contributed by atoms with E-state index in [2.05, 4.69) is 20.4 Å². The van der Waals surface area contributed by atoms with Crippen molar-refractivity contribution in [2.45, 2.75) is 39.4 Å². The summed E-state index contributed by atoms with van der Waals surface area (Å²) in [5.41, 5.74) is 1.93. The van der Waals surface area contributed by atoms with Crippen LogP contribution in [0.1, 0.15) is 37.7 Å². The molecule has 0 bridgehead atoms. The highest BCUT2D eigenvalue weighted by atomic mass is 19.3. The van der Waals surface area contributed by atoms with Gasteiger partial charge in [0, 0.05) is 11.8 Å². The third kappa shape index (κ3) is 4.46. The number of rotatable bonds is 6. The topological polar surface area (TPSA) is 63.8 Å². The lowest BCUT2D eigenvalue weighted by atomic mass is 10.1. The van der Waals surface area contributed by atoms with Gasteiger partial charge in [-0.2, -0.15) is 8.78 Å². The molecular weight excluding hydrogens is 407 g/mol. The van der Waals surface area contributed by atoms with Gasteiger partial charge in [-0.05, 0) is 68.3 Å². The Kier molecular flexibility index (Phi) is 5.53. The average Bonchev–Trinajstić information content (AvgIpc) is 3.32. The van der Waals surface area contributed by atoms with Gasteiger partial charge in [0.2, 0.25) is 5.82 Å². The summed E-state index contributed by atoms with van der Waals surface area (Å²) in [6.07, 6.45) is 3.49. The first-order valence-corrected chi connectivity index (χ1v) is 9.86. The fraction of sp³-hybridized carbons (Fsp3) is 0.318. The molecule has 9 heteroatoms. The van der Waals surface area contributed by atoms with Gasteiger partial charge < -0.3 is 10.1 Å². The Morgan fingerprint density at radius 1 is 1.23 bits per heavy atom. The Hall–Kier alpha value is -3.20. The zero-order chi connectivity index (χ0) is 22.2. The van der Waals surface area contributed by atoms with E-state index in [-0.39, 0.29) is 11.9 Å². The van der Waals surface area contributed by atoms with Crippen molar-refractivity contribution >= 4 is 17.2 Å². The molecule has 0 radical (unpaired) electrons. The van der Waals surface area contributed by atoms with Crippen molar-refractivity contribution in [1.29, 1.82) is 0 Å². The molecule has 3 aromatic rings. The maximum Gasteiger partial charge on any atom is 0.333 e. The number of fused-ring (bicyclic) bond motifs is 1. The molecule has 1 aliphatic heterocycles. The summed E-state index contributed by atoms with van der Waals surface area (Å²) in [6, 6.07) is 5.82. The number of anilines is 1. The number of hydrogen-bond donors (Lipinski definition) is 1. The Balaban J connectivity index is 1.79. The van der Waals surface area contributed by atoms with Crippen LogP contribution in [0.4, 0.5) is 19.0 Å². The van der Waals surface area contributed by atoms with Gasteiger partial charge in [0.1, 0.15) is 17.2 Å². The van der Waals surface area contributed by atoms with Crippen LogP contribution in [0, 0.1) is 5.82 Å². The van der Waals surface area contributed by atoms with Gasteiger partial charge in [0.15, 0.2) is 5.82 Å². The summed E-state index contributed by atoms with van der Waals surface area (Å²) >= 11 is 0. The van der Waals surface area contributed by atoms with Crippen LogP contribution < -0.4 is 5.32 Å². The first-order chi connectivity index (χ1) is 14.7. The third-order valence-corrected chi connectivity index (χ3v) is 4.72. The normalized spacial score (nSPS) is 14.3. The number of aliphatic imine (C=N–C) groups is 1. The number of nitrogens with zero attached hydrogens (tertiary/aromatic N) is 4. The minimum atomic E-state index is -3.53. The van der Waals surface area contributed by atoms with Gasteiger partial charge in [-0.1, -0.05) is 0 Å². The minimum absolute atomic E-state index is 0.0195. The molecule has 0 aliphatic carbocycles. The largest absolute Gasteiger partial charge is 0.374 e. The van der Waals surface area contributed by atoms with Gasteiger partial charge in [-0.15, -0.1) is 5.10 Å². The van der Waals surface area contributed by atoms with E-state index in [4.69, 9.17) is 4.74 Å². The SMILES string of the molecule is CC1=CC(Nc2nc(C(F)(F)c3ccc(F)cc3)nn3cc(COC(C)C)cc23)=NC1. The molecule has 0 amide bonds. The zero-order valence-corrected chi connectivity index (χ0v) is 17.4. The zero-order valence-electron chi connectivity index (χ0n) is 17.4. The van der Waals surface area contributed by atoms with Gasteiger partial charge in [0.05, 0.1) is 19.3 Å². The Morgan fingerprint density at radius 3 is 2.61 bits per heavy atom. The number of amidine groups is 1. The molecule has 31 heavy (non-hydrogen) atoms. The Morgan fingerprint density at radius 2 is 1.97 bits per heavy atom. The number of benzene rings is 1. The summed E-state index contributed by atoms with van der Waals surface area (Å²) in [6.45, 7) is 6.61. The molecule has 0 fully saturated rings. The molecule has 1 N–H and O–H groups in total. The van der Waals surface area contributed by atoms with Crippen molar-refractivity contribution in [1.82, 2.24) is 14.6 Å². The van der Waals surface area contributed by atoms with E-state index in [1.165, 1.54) is 4.52 Å². The van der Waals surface area contributed by atoms with E-state index in [0.29, 0.717) is 24.5 Å². The molecule has 1 aliphatic rings. The summed E-state index contributed by atoms with van der Waals surface area (Å²) in [5.74, 6) is -4.09. The first-order valence-electron chi connectivity index (χ1n) is 9.86. The van der Waals surface area contributed by atoms with E-state index in [1.54, 1.807) is 12.3 Å². The summed E-state index contributed by atoms with van der Waals surface area (Å²) in [5, 5.41) is 7.09. The van der Waals surface area contributed by atoms with Gasteiger partial charge in [0.25, 0.3) is 0 Å². The lowest BCUT2D eigenvalue weighted by Gasteiger charge is -2.17. The van der Waals surface area contributed by atoms with Crippen LogP contribution in [0.15, 0.2) is 53.2 Å². The molecule has 4 rings (SSSR count). The number of hydrogen-bond acceptors (Lipinski definition) is 5. The monoisotopic (exact) mass is 429 g/mol. The maximum absolute atomic E-state index is 15.2. The Labute approximate surface area is 177 Å². The molecule has 0 atom stereocenters. The lowest BCUT2D eigenvalue weighted by molar-refractivity contribution is 0.0315. The minimum Gasteiger partial charge on any atom is -0.374 e. The second kappa shape index (κ2) is 8.14. The second-order valence-corrected chi connectivity index (χ2v) is 7.72. The van der Waals surface area contributed by atoms with Gasteiger partial charge >= 0.3 is 5.92 Å². The lowest BCUT2D eigenvalue weighted by Crippen LogP contribution is -2.22. The molecule has 0 saturated carbocycles. The van der Waals surface area contributed by atoms with Gasteiger partial charge in [-0.3, -0.25) is 4.99 Å². The smallest absolute Gasteiger partial charge is 0.333 e. The molecule has 1 aromatic carbocycles. The highest BCUT2D eigenvalue weighted by Gasteiger charge is 2.39. The third-order valence-electron chi connectivity index (χ3n) is 4.72. The van der Waals surface area contributed by atoms with Crippen LogP contribution in [-0.2, 0) is 17.3 Å². The predicted molar refractivity (Wildman–Crippen MR) is 112 cm³/mol. The van der Waals surface area contributed by atoms with Crippen LogP contribution in [0.25, 0.3) is 5.52 Å². The van der Waals surface area contributed by atoms with E-state index in [9.17, 15) is 4.39 Å². The van der Waals surface area contributed by atoms with E-state index < -0.39 is 23.1 Å². The van der Waals surface area contributed by atoms with Crippen LogP contribution in [0.2, 0.25) is 0 Å². The van der Waals surface area contributed by atoms with E-state index in [1.807, 2.05) is 26.8 Å². The van der Waals surface area contributed by atoms with Crippen molar-refractivity contribution in [3.8, 4) is 0 Å². The van der Waals surface area contributed by atoms with Crippen LogP contribution in [0.3, 0.4) is 0 Å². The Bertz CT molecular complexity index is 1170. The first kappa shape index (κ1) is 21.0. The highest BCUT2D eigenvalue weighted by Crippen LogP contribution is 2.34. The van der Waals surface area contributed by atoms with Crippen LogP contribution in [0.5, 0.6) is 0 Å². The van der Waals surface area contributed by atoms with Crippen molar-refractivity contribution < 1.29 is 17.9 Å². The van der Waals surface area contributed by atoms with E-state index in [0.717, 1.165) is 35.4 Å². The second-order valence-electron chi connectivity index (χ2n) is 7.72. The standard InChI is InChI=1S/C22H22F3N5O/c1-13(2)31-12-15-9-18-20(27-19-8-14(3)10-26-19)28-21(29-30(18)11-15)22(24,25)16-4-6-17(23)7-5-16/h4-9,11,13H,10,12H2,1-3H3,(H,26,27,28,29). The number of ether oxygens (including phenoxy) is 1. The maximum atomic E-state index is 15.2. The molecule has 0 spiro atoms. The van der Waals surface area contributed by atoms with E-state index >= 15 is 8.78 Å². The molecule has 0 unspecified atom stereocenters. The van der Waals surface area contributed by atoms with Crippen LogP contribution >= 0.6 is 0 Å². The fourth-order valence-corrected chi connectivity index (χ4v) is 3.14. The molecule has 2 aromatic heterocycles. The molecular formula is C22H22F3N5O. The van der Waals surface area contributed by atoms with Crippen molar-refractivity contribution in [2.24, 2.45) is 4.99 Å². The van der Waals surface area contributed by atoms with Crippen molar-refractivity contribution in [2.75, 3.05) is 11.9 Å². The number of halogens is 3. The average molecular weight is 429 g/mol. The predicted octanol–water partition coefficient (Wildman–Crippen LogP) is 4.70. The van der Waals surface area contributed by atoms with Gasteiger partial charge in [-0.25, -0.2) is 13.9 Å².